The summed E-state index contributed by atoms with van der Waals surface area (Å²) in [7, 11) is 0. The molecule has 2 aromatic rings. The number of carbonyl (C=O) groups excluding carboxylic acids is 3. The molecule has 2 rings (SSSR count). The van der Waals surface area contributed by atoms with Gasteiger partial charge in [0, 0.05) is 5.02 Å². The smallest absolute Gasteiger partial charge is 0.325 e. The number of halogens is 2. The van der Waals surface area contributed by atoms with Gasteiger partial charge < -0.3 is 14.8 Å². The summed E-state index contributed by atoms with van der Waals surface area (Å²) in [5.74, 6) is -0.935. The molecule has 1 aromatic carbocycles. The van der Waals surface area contributed by atoms with Crippen LogP contribution in [0, 0.1) is 0 Å². The molecule has 13 heteroatoms. The number of anilines is 1. The predicted octanol–water partition coefficient (Wildman–Crippen LogP) is 2.63. The minimum absolute atomic E-state index is 0.0418. The number of hydrogen-bond donors (Lipinski definition) is 2. The number of amides is 2. The fourth-order valence-electron chi connectivity index (χ4n) is 1.77. The minimum Gasteiger partial charge on any atom is -0.482 e. The molecule has 0 aliphatic carbocycles. The first-order chi connectivity index (χ1) is 13.9. The molecule has 0 atom stereocenters. The van der Waals surface area contributed by atoms with Crippen LogP contribution in [-0.4, -0.2) is 53.5 Å². The Labute approximate surface area is 184 Å². The summed E-state index contributed by atoms with van der Waals surface area (Å²) in [5, 5.41) is 13.7. The second-order valence-electron chi connectivity index (χ2n) is 5.16. The maximum absolute atomic E-state index is 12.0. The Morgan fingerprint density at radius 1 is 1.21 bits per heavy atom. The van der Waals surface area contributed by atoms with Crippen LogP contribution in [0.3, 0.4) is 0 Å². The second-order valence-corrected chi connectivity index (χ2v) is 8.20. The van der Waals surface area contributed by atoms with Gasteiger partial charge in [0.2, 0.25) is 11.0 Å². The van der Waals surface area contributed by atoms with E-state index in [1.165, 1.54) is 6.07 Å². The Kier molecular flexibility index (Phi) is 9.45. The van der Waals surface area contributed by atoms with Crippen LogP contribution in [0.15, 0.2) is 22.5 Å². The van der Waals surface area contributed by atoms with E-state index >= 15 is 0 Å². The first-order valence-electron chi connectivity index (χ1n) is 8.13. The van der Waals surface area contributed by atoms with Crippen molar-refractivity contribution in [1.82, 2.24) is 15.5 Å². The molecule has 1 heterocycles. The number of aromatic nitrogens is 2. The van der Waals surface area contributed by atoms with Gasteiger partial charge in [-0.25, -0.2) is 0 Å². The summed E-state index contributed by atoms with van der Waals surface area (Å²) in [6.07, 6.45) is 0. The molecule has 2 amide bonds. The summed E-state index contributed by atoms with van der Waals surface area (Å²) < 4.78 is 10.5. The quantitative estimate of drug-likeness (QED) is 0.303. The Hall–Kier alpha value is -2.08. The van der Waals surface area contributed by atoms with Gasteiger partial charge in [0.15, 0.2) is 10.9 Å². The monoisotopic (exact) mass is 478 g/mol. The van der Waals surface area contributed by atoms with E-state index in [1.807, 2.05) is 0 Å². The molecule has 0 bridgehead atoms. The van der Waals surface area contributed by atoms with Crippen LogP contribution in [0.4, 0.5) is 5.13 Å². The summed E-state index contributed by atoms with van der Waals surface area (Å²) in [5.41, 5.74) is 0. The summed E-state index contributed by atoms with van der Waals surface area (Å²) in [6, 6.07) is 4.66. The molecule has 0 saturated heterocycles. The lowest BCUT2D eigenvalue weighted by atomic mass is 10.3. The zero-order valence-corrected chi connectivity index (χ0v) is 18.2. The lowest BCUT2D eigenvalue weighted by Crippen LogP contribution is -2.31. The molecule has 0 saturated carbocycles. The molecule has 0 fully saturated rings. The van der Waals surface area contributed by atoms with Gasteiger partial charge in [-0.05, 0) is 25.1 Å². The maximum Gasteiger partial charge on any atom is 0.325 e. The Morgan fingerprint density at radius 3 is 2.72 bits per heavy atom. The van der Waals surface area contributed by atoms with Crippen LogP contribution < -0.4 is 15.4 Å². The normalized spacial score (nSPS) is 10.3. The van der Waals surface area contributed by atoms with Crippen LogP contribution in [0.2, 0.25) is 10.0 Å². The van der Waals surface area contributed by atoms with E-state index in [0.717, 1.165) is 23.1 Å². The van der Waals surface area contributed by atoms with Gasteiger partial charge in [-0.3, -0.25) is 19.7 Å². The van der Waals surface area contributed by atoms with Crippen molar-refractivity contribution in [3.8, 4) is 5.75 Å². The van der Waals surface area contributed by atoms with Crippen LogP contribution in [-0.2, 0) is 19.1 Å². The molecule has 0 aliphatic heterocycles. The molecule has 9 nitrogen and oxygen atoms in total. The van der Waals surface area contributed by atoms with Crippen molar-refractivity contribution in [1.29, 1.82) is 0 Å². The molecule has 0 spiro atoms. The van der Waals surface area contributed by atoms with E-state index in [2.05, 4.69) is 20.8 Å². The first kappa shape index (κ1) is 23.2. The molecule has 2 N–H and O–H groups in total. The largest absolute Gasteiger partial charge is 0.482 e. The molecule has 29 heavy (non-hydrogen) atoms. The number of ether oxygens (including phenoxy) is 2. The van der Waals surface area contributed by atoms with Gasteiger partial charge >= 0.3 is 5.97 Å². The number of rotatable bonds is 10. The second kappa shape index (κ2) is 11.8. The van der Waals surface area contributed by atoms with Crippen molar-refractivity contribution in [2.45, 2.75) is 11.3 Å². The maximum atomic E-state index is 12.0. The summed E-state index contributed by atoms with van der Waals surface area (Å²) >= 11 is 14.0. The van der Waals surface area contributed by atoms with E-state index in [1.54, 1.807) is 19.1 Å². The van der Waals surface area contributed by atoms with Crippen LogP contribution in [0.25, 0.3) is 0 Å². The fraction of sp³-hybridized carbons (Fsp3) is 0.312. The lowest BCUT2D eigenvalue weighted by molar-refractivity contribution is -0.143. The van der Waals surface area contributed by atoms with Gasteiger partial charge in [0.1, 0.15) is 12.3 Å². The molecule has 1 aromatic heterocycles. The van der Waals surface area contributed by atoms with E-state index in [0.29, 0.717) is 20.1 Å². The van der Waals surface area contributed by atoms with E-state index in [9.17, 15) is 14.4 Å². The van der Waals surface area contributed by atoms with Gasteiger partial charge in [-0.15, -0.1) is 10.2 Å². The van der Waals surface area contributed by atoms with Crippen molar-refractivity contribution in [3.63, 3.8) is 0 Å². The number of nitrogens with one attached hydrogen (secondary N) is 2. The Balaban J connectivity index is 1.73. The summed E-state index contributed by atoms with van der Waals surface area (Å²) in [6.45, 7) is 1.46. The third kappa shape index (κ3) is 8.44. The standard InChI is InChI=1S/C16H16Cl2N4O5S2/c1-2-26-14(25)6-19-13(24)8-28-16-22-21-15(29-16)20-12(23)7-27-11-4-3-9(17)5-10(11)18/h3-5H,2,6-8H2,1H3,(H,19,24)(H,20,21,23). The minimum atomic E-state index is -0.506. The number of hydrogen-bond acceptors (Lipinski definition) is 9. The van der Waals surface area contributed by atoms with Crippen LogP contribution >= 0.6 is 46.3 Å². The highest BCUT2D eigenvalue weighted by Crippen LogP contribution is 2.28. The highest BCUT2D eigenvalue weighted by Gasteiger charge is 2.12. The van der Waals surface area contributed by atoms with E-state index < -0.39 is 11.9 Å². The molecule has 0 unspecified atom stereocenters. The topological polar surface area (TPSA) is 120 Å². The van der Waals surface area contributed by atoms with Crippen LogP contribution in [0.5, 0.6) is 5.75 Å². The van der Waals surface area contributed by atoms with Crippen molar-refractivity contribution >= 4 is 69.2 Å². The molecule has 0 radical (unpaired) electrons. The summed E-state index contributed by atoms with van der Waals surface area (Å²) in [4.78, 5) is 34.8. The average Bonchev–Trinajstić information content (AvgIpc) is 3.11. The van der Waals surface area contributed by atoms with Gasteiger partial charge in [-0.1, -0.05) is 46.3 Å². The van der Waals surface area contributed by atoms with Crippen molar-refractivity contribution in [3.05, 3.63) is 28.2 Å². The van der Waals surface area contributed by atoms with Gasteiger partial charge in [0.05, 0.1) is 17.4 Å². The number of carbonyl (C=O) groups is 3. The van der Waals surface area contributed by atoms with Crippen LogP contribution in [0.1, 0.15) is 6.92 Å². The number of nitrogens with zero attached hydrogens (tertiary/aromatic N) is 2. The predicted molar refractivity (Wildman–Crippen MR) is 111 cm³/mol. The van der Waals surface area contributed by atoms with Gasteiger partial charge in [-0.2, -0.15) is 0 Å². The van der Waals surface area contributed by atoms with Gasteiger partial charge in [0.25, 0.3) is 5.91 Å². The number of benzene rings is 1. The lowest BCUT2D eigenvalue weighted by Gasteiger charge is -2.07. The van der Waals surface area contributed by atoms with Crippen molar-refractivity contribution < 1.29 is 23.9 Å². The molecular formula is C16H16Cl2N4O5S2. The van der Waals surface area contributed by atoms with E-state index in [-0.39, 0.29) is 36.6 Å². The van der Waals surface area contributed by atoms with E-state index in [4.69, 9.17) is 32.7 Å². The highest BCUT2D eigenvalue weighted by atomic mass is 35.5. The third-order valence-corrected chi connectivity index (χ3v) is 5.47. The SMILES string of the molecule is CCOC(=O)CNC(=O)CSc1nnc(NC(=O)COc2ccc(Cl)cc2Cl)s1. The van der Waals surface area contributed by atoms with Crippen molar-refractivity contribution in [2.75, 3.05) is 30.8 Å². The molecule has 156 valence electrons. The zero-order chi connectivity index (χ0) is 21.2. The molecule has 0 aliphatic rings. The zero-order valence-electron chi connectivity index (χ0n) is 15.1. The number of esters is 1. The Morgan fingerprint density at radius 2 is 2.00 bits per heavy atom. The Bertz CT molecular complexity index is 881. The number of thioether (sulfide) groups is 1. The van der Waals surface area contributed by atoms with Crippen molar-refractivity contribution in [2.24, 2.45) is 0 Å². The fourth-order valence-corrected chi connectivity index (χ4v) is 3.83. The highest BCUT2D eigenvalue weighted by molar-refractivity contribution is 8.01. The average molecular weight is 479 g/mol. The third-order valence-electron chi connectivity index (χ3n) is 2.97. The first-order valence-corrected chi connectivity index (χ1v) is 10.7. The molecular weight excluding hydrogens is 463 g/mol.